The summed E-state index contributed by atoms with van der Waals surface area (Å²) in [6.07, 6.45) is 0. The largest absolute Gasteiger partial charge is 0.496 e. The molecule has 0 heterocycles. The molecule has 110 valence electrons. The molecule has 0 spiro atoms. The van der Waals surface area contributed by atoms with E-state index in [1.54, 1.807) is 19.2 Å². The molecule has 0 saturated carbocycles. The molecule has 0 aliphatic rings. The van der Waals surface area contributed by atoms with Gasteiger partial charge in [0.1, 0.15) is 5.75 Å². The number of urea groups is 1. The number of halogens is 1. The summed E-state index contributed by atoms with van der Waals surface area (Å²) in [5, 5.41) is 6.01. The van der Waals surface area contributed by atoms with E-state index in [2.05, 4.69) is 10.6 Å². The van der Waals surface area contributed by atoms with Crippen LogP contribution in [0.15, 0.2) is 42.5 Å². The fourth-order valence-electron chi connectivity index (χ4n) is 1.91. The smallest absolute Gasteiger partial charge is 0.319 e. The number of hydrogen-bond donors (Lipinski definition) is 2. The van der Waals surface area contributed by atoms with Crippen molar-refractivity contribution in [3.63, 3.8) is 0 Å². The predicted octanol–water partition coefficient (Wildman–Crippen LogP) is 3.98. The number of rotatable bonds is 4. The minimum absolute atomic E-state index is 0.313. The molecule has 2 aromatic carbocycles. The van der Waals surface area contributed by atoms with E-state index >= 15 is 0 Å². The molecule has 21 heavy (non-hydrogen) atoms. The maximum absolute atomic E-state index is 11.9. The third-order valence-electron chi connectivity index (χ3n) is 3.00. The van der Waals surface area contributed by atoms with Gasteiger partial charge in [-0.3, -0.25) is 0 Å². The lowest BCUT2D eigenvalue weighted by Gasteiger charge is -2.11. The van der Waals surface area contributed by atoms with Crippen LogP contribution in [0, 0.1) is 6.92 Å². The number of anilines is 1. The van der Waals surface area contributed by atoms with Gasteiger partial charge in [-0.15, -0.1) is 0 Å². The van der Waals surface area contributed by atoms with Crippen LogP contribution >= 0.6 is 11.6 Å². The molecule has 2 N–H and O–H groups in total. The molecule has 4 nitrogen and oxygen atoms in total. The zero-order chi connectivity index (χ0) is 15.2. The van der Waals surface area contributed by atoms with Gasteiger partial charge in [0, 0.05) is 12.1 Å². The van der Waals surface area contributed by atoms with Gasteiger partial charge in [-0.05, 0) is 30.7 Å². The molecule has 5 heteroatoms. The van der Waals surface area contributed by atoms with Gasteiger partial charge in [0.05, 0.1) is 17.8 Å². The van der Waals surface area contributed by atoms with Crippen molar-refractivity contribution in [2.45, 2.75) is 13.5 Å². The topological polar surface area (TPSA) is 50.4 Å². The number of amides is 2. The van der Waals surface area contributed by atoms with Crippen molar-refractivity contribution in [2.24, 2.45) is 0 Å². The highest BCUT2D eigenvalue weighted by Crippen LogP contribution is 2.22. The van der Waals surface area contributed by atoms with Crippen LogP contribution in [0.4, 0.5) is 10.5 Å². The summed E-state index contributed by atoms with van der Waals surface area (Å²) in [6.45, 7) is 2.32. The fraction of sp³-hybridized carbons (Fsp3) is 0.188. The fourth-order valence-corrected chi connectivity index (χ4v) is 2.19. The van der Waals surface area contributed by atoms with Crippen molar-refractivity contribution >= 4 is 23.3 Å². The van der Waals surface area contributed by atoms with Gasteiger partial charge in [0.15, 0.2) is 0 Å². The van der Waals surface area contributed by atoms with E-state index in [4.69, 9.17) is 16.3 Å². The van der Waals surface area contributed by atoms with Crippen LogP contribution < -0.4 is 15.4 Å². The molecule has 2 rings (SSSR count). The van der Waals surface area contributed by atoms with E-state index < -0.39 is 0 Å². The number of nitrogens with one attached hydrogen (secondary N) is 2. The first-order valence-corrected chi connectivity index (χ1v) is 6.91. The third-order valence-corrected chi connectivity index (χ3v) is 3.32. The van der Waals surface area contributed by atoms with Gasteiger partial charge in [-0.25, -0.2) is 4.79 Å². The first-order valence-electron chi connectivity index (χ1n) is 6.53. The molecule has 0 aliphatic carbocycles. The Morgan fingerprint density at radius 3 is 2.71 bits per heavy atom. The predicted molar refractivity (Wildman–Crippen MR) is 85.0 cm³/mol. The summed E-state index contributed by atoms with van der Waals surface area (Å²) >= 11 is 6.08. The second kappa shape index (κ2) is 6.99. The van der Waals surface area contributed by atoms with E-state index in [0.717, 1.165) is 16.9 Å². The van der Waals surface area contributed by atoms with Crippen LogP contribution in [0.3, 0.4) is 0 Å². The lowest BCUT2D eigenvalue weighted by atomic mass is 10.2. The number of hydrogen-bond acceptors (Lipinski definition) is 2. The molecule has 0 aromatic heterocycles. The van der Waals surface area contributed by atoms with Crippen molar-refractivity contribution in [3.05, 3.63) is 58.6 Å². The van der Waals surface area contributed by atoms with Crippen LogP contribution in [0.25, 0.3) is 0 Å². The number of benzene rings is 2. The molecule has 0 bridgehead atoms. The average molecular weight is 305 g/mol. The maximum atomic E-state index is 11.9. The number of ether oxygens (including phenoxy) is 1. The summed E-state index contributed by atoms with van der Waals surface area (Å²) in [7, 11) is 1.60. The quantitative estimate of drug-likeness (QED) is 0.897. The molecule has 0 saturated heterocycles. The van der Waals surface area contributed by atoms with Gasteiger partial charge in [-0.2, -0.15) is 0 Å². The molecule has 0 atom stereocenters. The monoisotopic (exact) mass is 304 g/mol. The van der Waals surface area contributed by atoms with E-state index in [-0.39, 0.29) is 6.03 Å². The van der Waals surface area contributed by atoms with Crippen molar-refractivity contribution < 1.29 is 9.53 Å². The van der Waals surface area contributed by atoms with Gasteiger partial charge in [0.25, 0.3) is 0 Å². The third kappa shape index (κ3) is 4.13. The van der Waals surface area contributed by atoms with Crippen molar-refractivity contribution in [3.8, 4) is 5.75 Å². The van der Waals surface area contributed by atoms with Crippen molar-refractivity contribution in [2.75, 3.05) is 12.4 Å². The minimum atomic E-state index is -0.313. The second-order valence-corrected chi connectivity index (χ2v) is 5.01. The highest BCUT2D eigenvalue weighted by molar-refractivity contribution is 6.33. The maximum Gasteiger partial charge on any atom is 0.319 e. The Morgan fingerprint density at radius 2 is 2.00 bits per heavy atom. The molecule has 0 radical (unpaired) electrons. The molecule has 0 unspecified atom stereocenters. The van der Waals surface area contributed by atoms with E-state index in [0.29, 0.717) is 17.3 Å². The van der Waals surface area contributed by atoms with Crippen molar-refractivity contribution in [1.29, 1.82) is 0 Å². The SMILES string of the molecule is COc1ccccc1CNC(=O)Nc1ccc(C)cc1Cl. The Morgan fingerprint density at radius 1 is 1.24 bits per heavy atom. The average Bonchev–Trinajstić information content (AvgIpc) is 2.48. The van der Waals surface area contributed by atoms with Gasteiger partial charge < -0.3 is 15.4 Å². The van der Waals surface area contributed by atoms with Crippen LogP contribution in [0.2, 0.25) is 5.02 Å². The Bertz CT molecular complexity index is 644. The van der Waals surface area contributed by atoms with Crippen LogP contribution in [0.1, 0.15) is 11.1 Å². The number of carbonyl (C=O) groups is 1. The van der Waals surface area contributed by atoms with Crippen molar-refractivity contribution in [1.82, 2.24) is 5.32 Å². The minimum Gasteiger partial charge on any atom is -0.496 e. The van der Waals surface area contributed by atoms with E-state index in [1.807, 2.05) is 37.3 Å². The van der Waals surface area contributed by atoms with Crippen LogP contribution in [-0.2, 0) is 6.54 Å². The second-order valence-electron chi connectivity index (χ2n) is 4.60. The molecular weight excluding hydrogens is 288 g/mol. The Hall–Kier alpha value is -2.20. The highest BCUT2D eigenvalue weighted by atomic mass is 35.5. The molecule has 0 aliphatic heterocycles. The first-order chi connectivity index (χ1) is 10.1. The summed E-state index contributed by atoms with van der Waals surface area (Å²) in [5.74, 6) is 0.742. The van der Waals surface area contributed by atoms with Crippen LogP contribution in [0.5, 0.6) is 5.75 Å². The van der Waals surface area contributed by atoms with Crippen LogP contribution in [-0.4, -0.2) is 13.1 Å². The van der Waals surface area contributed by atoms with Gasteiger partial charge in [-0.1, -0.05) is 35.9 Å². The standard InChI is InChI=1S/C16H17ClN2O2/c1-11-7-8-14(13(17)9-11)19-16(20)18-10-12-5-3-4-6-15(12)21-2/h3-9H,10H2,1-2H3,(H2,18,19,20). The van der Waals surface area contributed by atoms with Gasteiger partial charge >= 0.3 is 6.03 Å². The number of para-hydroxylation sites is 1. The molecular formula is C16H17ClN2O2. The molecule has 2 amide bonds. The lowest BCUT2D eigenvalue weighted by molar-refractivity contribution is 0.251. The van der Waals surface area contributed by atoms with Gasteiger partial charge in [0.2, 0.25) is 0 Å². The zero-order valence-electron chi connectivity index (χ0n) is 11.9. The summed E-state index contributed by atoms with van der Waals surface area (Å²) in [4.78, 5) is 11.9. The normalized spacial score (nSPS) is 10.0. The Kier molecular flexibility index (Phi) is 5.06. The Labute approximate surface area is 129 Å². The summed E-state index contributed by atoms with van der Waals surface area (Å²) < 4.78 is 5.24. The molecule has 0 fully saturated rings. The van der Waals surface area contributed by atoms with E-state index in [1.165, 1.54) is 0 Å². The highest BCUT2D eigenvalue weighted by Gasteiger charge is 2.07. The number of aryl methyl sites for hydroxylation is 1. The Balaban J connectivity index is 1.96. The summed E-state index contributed by atoms with van der Waals surface area (Å²) in [5.41, 5.74) is 2.53. The summed E-state index contributed by atoms with van der Waals surface area (Å²) in [6, 6.07) is 12.7. The number of methoxy groups -OCH3 is 1. The zero-order valence-corrected chi connectivity index (χ0v) is 12.7. The van der Waals surface area contributed by atoms with E-state index in [9.17, 15) is 4.79 Å². The lowest BCUT2D eigenvalue weighted by Crippen LogP contribution is -2.28. The first kappa shape index (κ1) is 15.2. The number of carbonyl (C=O) groups excluding carboxylic acids is 1. The molecule has 2 aromatic rings.